The second-order valence-electron chi connectivity index (χ2n) is 4.34. The third-order valence-corrected chi connectivity index (χ3v) is 2.70. The first-order chi connectivity index (χ1) is 8.67. The van der Waals surface area contributed by atoms with E-state index in [9.17, 15) is 0 Å². The summed E-state index contributed by atoms with van der Waals surface area (Å²) in [6, 6.07) is 9.92. The number of benzene rings is 1. The molecule has 3 N–H and O–H groups in total. The molecule has 2 aromatic rings. The van der Waals surface area contributed by atoms with Gasteiger partial charge in [0.05, 0.1) is 12.8 Å². The number of aromatic nitrogens is 2. The summed E-state index contributed by atoms with van der Waals surface area (Å²) in [5.41, 5.74) is 7.82. The van der Waals surface area contributed by atoms with Gasteiger partial charge in [-0.1, -0.05) is 12.1 Å². The molecule has 0 aliphatic carbocycles. The van der Waals surface area contributed by atoms with E-state index in [-0.39, 0.29) is 0 Å². The highest BCUT2D eigenvalue weighted by atomic mass is 16.5. The number of hydrogen-bond donors (Lipinski definition) is 2. The highest BCUT2D eigenvalue weighted by molar-refractivity contribution is 5.29. The number of nitrogens with two attached hydrogens (primary N) is 1. The van der Waals surface area contributed by atoms with Crippen molar-refractivity contribution in [1.29, 1.82) is 0 Å². The van der Waals surface area contributed by atoms with Crippen LogP contribution in [0.2, 0.25) is 0 Å². The van der Waals surface area contributed by atoms with Crippen LogP contribution in [-0.2, 0) is 13.1 Å². The first-order valence-corrected chi connectivity index (χ1v) is 5.78. The SMILES string of the molecule is COc1ccc(CN(C)Cc2cc(N)n[nH]2)cc1. The Bertz CT molecular complexity index is 492. The van der Waals surface area contributed by atoms with E-state index < -0.39 is 0 Å². The summed E-state index contributed by atoms with van der Waals surface area (Å²) in [5.74, 6) is 1.41. The molecule has 0 aliphatic heterocycles. The summed E-state index contributed by atoms with van der Waals surface area (Å²) in [7, 11) is 3.73. The van der Waals surface area contributed by atoms with E-state index in [4.69, 9.17) is 10.5 Å². The molecule has 1 aromatic heterocycles. The quantitative estimate of drug-likeness (QED) is 0.841. The van der Waals surface area contributed by atoms with Crippen molar-refractivity contribution in [3.05, 3.63) is 41.6 Å². The molecule has 2 rings (SSSR count). The molecular formula is C13H18N4O. The van der Waals surface area contributed by atoms with Crippen molar-refractivity contribution >= 4 is 5.82 Å². The molecule has 0 saturated carbocycles. The van der Waals surface area contributed by atoms with Crippen molar-refractivity contribution in [2.24, 2.45) is 0 Å². The maximum atomic E-state index is 5.56. The predicted molar refractivity (Wildman–Crippen MR) is 71.2 cm³/mol. The Morgan fingerprint density at radius 3 is 2.56 bits per heavy atom. The molecule has 0 atom stereocenters. The van der Waals surface area contributed by atoms with Gasteiger partial charge in [0, 0.05) is 19.2 Å². The van der Waals surface area contributed by atoms with Gasteiger partial charge in [-0.3, -0.25) is 10.00 Å². The summed E-state index contributed by atoms with van der Waals surface area (Å²) in [4.78, 5) is 2.19. The van der Waals surface area contributed by atoms with Gasteiger partial charge in [0.1, 0.15) is 11.6 Å². The van der Waals surface area contributed by atoms with Gasteiger partial charge in [-0.25, -0.2) is 0 Å². The van der Waals surface area contributed by atoms with Crippen molar-refractivity contribution in [3.63, 3.8) is 0 Å². The van der Waals surface area contributed by atoms with Crippen LogP contribution in [0.3, 0.4) is 0 Å². The number of nitrogens with one attached hydrogen (secondary N) is 1. The Morgan fingerprint density at radius 2 is 2.00 bits per heavy atom. The van der Waals surface area contributed by atoms with Crippen molar-refractivity contribution in [2.75, 3.05) is 19.9 Å². The van der Waals surface area contributed by atoms with E-state index in [2.05, 4.69) is 34.3 Å². The van der Waals surface area contributed by atoms with Gasteiger partial charge in [0.2, 0.25) is 0 Å². The normalized spacial score (nSPS) is 10.8. The van der Waals surface area contributed by atoms with E-state index >= 15 is 0 Å². The molecule has 5 nitrogen and oxygen atoms in total. The number of hydrogen-bond acceptors (Lipinski definition) is 4. The summed E-state index contributed by atoms with van der Waals surface area (Å²) in [5, 5.41) is 6.81. The number of anilines is 1. The molecule has 0 amide bonds. The van der Waals surface area contributed by atoms with Crippen LogP contribution in [0.25, 0.3) is 0 Å². The molecule has 0 bridgehead atoms. The number of aromatic amines is 1. The Labute approximate surface area is 107 Å². The fourth-order valence-electron chi connectivity index (χ4n) is 1.85. The molecule has 0 aliphatic rings. The predicted octanol–water partition coefficient (Wildman–Crippen LogP) is 1.63. The maximum absolute atomic E-state index is 5.56. The largest absolute Gasteiger partial charge is 0.497 e. The van der Waals surface area contributed by atoms with Gasteiger partial charge < -0.3 is 10.5 Å². The zero-order chi connectivity index (χ0) is 13.0. The second-order valence-corrected chi connectivity index (χ2v) is 4.34. The molecule has 0 saturated heterocycles. The molecule has 5 heteroatoms. The molecular weight excluding hydrogens is 228 g/mol. The van der Waals surface area contributed by atoms with Crippen LogP contribution in [0.5, 0.6) is 5.75 Å². The molecule has 96 valence electrons. The molecule has 1 heterocycles. The molecule has 0 unspecified atom stereocenters. The Morgan fingerprint density at radius 1 is 1.28 bits per heavy atom. The third-order valence-electron chi connectivity index (χ3n) is 2.70. The fraction of sp³-hybridized carbons (Fsp3) is 0.308. The minimum Gasteiger partial charge on any atom is -0.497 e. The lowest BCUT2D eigenvalue weighted by Crippen LogP contribution is -2.17. The number of H-pyrrole nitrogens is 1. The fourth-order valence-corrected chi connectivity index (χ4v) is 1.85. The molecule has 0 spiro atoms. The highest BCUT2D eigenvalue weighted by Gasteiger charge is 2.04. The standard InChI is InChI=1S/C13H18N4O/c1-17(9-11-7-13(14)16-15-11)8-10-3-5-12(18-2)6-4-10/h3-7H,8-9H2,1-2H3,(H3,14,15,16). The highest BCUT2D eigenvalue weighted by Crippen LogP contribution is 2.13. The van der Waals surface area contributed by atoms with E-state index in [0.717, 1.165) is 24.5 Å². The number of nitrogen functional groups attached to an aromatic ring is 1. The number of rotatable bonds is 5. The average Bonchev–Trinajstić information content (AvgIpc) is 2.75. The van der Waals surface area contributed by atoms with E-state index in [1.807, 2.05) is 18.2 Å². The molecule has 1 aromatic carbocycles. The smallest absolute Gasteiger partial charge is 0.145 e. The van der Waals surface area contributed by atoms with Crippen LogP contribution >= 0.6 is 0 Å². The van der Waals surface area contributed by atoms with Crippen LogP contribution in [0.4, 0.5) is 5.82 Å². The van der Waals surface area contributed by atoms with Gasteiger partial charge in [-0.15, -0.1) is 0 Å². The minimum absolute atomic E-state index is 0.530. The van der Waals surface area contributed by atoms with Crippen LogP contribution in [0.1, 0.15) is 11.3 Å². The first-order valence-electron chi connectivity index (χ1n) is 5.78. The van der Waals surface area contributed by atoms with E-state index in [1.165, 1.54) is 5.56 Å². The lowest BCUT2D eigenvalue weighted by molar-refractivity contribution is 0.314. The monoisotopic (exact) mass is 246 g/mol. The molecule has 18 heavy (non-hydrogen) atoms. The third kappa shape index (κ3) is 3.24. The van der Waals surface area contributed by atoms with E-state index in [0.29, 0.717) is 5.82 Å². The summed E-state index contributed by atoms with van der Waals surface area (Å²) < 4.78 is 5.13. The minimum atomic E-state index is 0.530. The lowest BCUT2D eigenvalue weighted by Gasteiger charge is -2.15. The van der Waals surface area contributed by atoms with Crippen molar-refractivity contribution in [3.8, 4) is 5.75 Å². The average molecular weight is 246 g/mol. The van der Waals surface area contributed by atoms with Gasteiger partial charge in [0.25, 0.3) is 0 Å². The first kappa shape index (κ1) is 12.4. The van der Waals surface area contributed by atoms with Crippen LogP contribution < -0.4 is 10.5 Å². The summed E-state index contributed by atoms with van der Waals surface area (Å²) in [6.45, 7) is 1.65. The Hall–Kier alpha value is -2.01. The number of ether oxygens (including phenoxy) is 1. The van der Waals surface area contributed by atoms with Crippen molar-refractivity contribution in [1.82, 2.24) is 15.1 Å². The Balaban J connectivity index is 1.91. The number of nitrogens with zero attached hydrogens (tertiary/aromatic N) is 2. The van der Waals surface area contributed by atoms with Gasteiger partial charge in [-0.2, -0.15) is 5.10 Å². The number of methoxy groups -OCH3 is 1. The maximum Gasteiger partial charge on any atom is 0.145 e. The zero-order valence-corrected chi connectivity index (χ0v) is 10.7. The molecule has 0 radical (unpaired) electrons. The van der Waals surface area contributed by atoms with Gasteiger partial charge >= 0.3 is 0 Å². The van der Waals surface area contributed by atoms with E-state index in [1.54, 1.807) is 7.11 Å². The summed E-state index contributed by atoms with van der Waals surface area (Å²) in [6.07, 6.45) is 0. The van der Waals surface area contributed by atoms with Crippen molar-refractivity contribution in [2.45, 2.75) is 13.1 Å². The van der Waals surface area contributed by atoms with Crippen LogP contribution in [0.15, 0.2) is 30.3 Å². The van der Waals surface area contributed by atoms with Crippen molar-refractivity contribution < 1.29 is 4.74 Å². The van der Waals surface area contributed by atoms with Gasteiger partial charge in [-0.05, 0) is 24.7 Å². The van der Waals surface area contributed by atoms with Crippen LogP contribution in [0, 0.1) is 0 Å². The Kier molecular flexibility index (Phi) is 3.84. The second kappa shape index (κ2) is 5.55. The van der Waals surface area contributed by atoms with Gasteiger partial charge in [0.15, 0.2) is 0 Å². The van der Waals surface area contributed by atoms with Crippen LogP contribution in [-0.4, -0.2) is 29.3 Å². The topological polar surface area (TPSA) is 67.2 Å². The lowest BCUT2D eigenvalue weighted by atomic mass is 10.2. The summed E-state index contributed by atoms with van der Waals surface area (Å²) >= 11 is 0. The zero-order valence-electron chi connectivity index (χ0n) is 10.7. The molecule has 0 fully saturated rings.